The molecule has 22 heavy (non-hydrogen) atoms. The summed E-state index contributed by atoms with van der Waals surface area (Å²) in [5, 5.41) is 31.7. The number of nitro groups is 2. The molecule has 2 aromatic carbocycles. The summed E-state index contributed by atoms with van der Waals surface area (Å²) in [5.41, 5.74) is 0.799. The van der Waals surface area contributed by atoms with E-state index in [4.69, 9.17) is 0 Å². The molecule has 0 amide bonds. The van der Waals surface area contributed by atoms with Crippen molar-refractivity contribution in [3.05, 3.63) is 62.7 Å². The topological polar surface area (TPSA) is 122 Å². The summed E-state index contributed by atoms with van der Waals surface area (Å²) < 4.78 is 0. The first-order valence-corrected chi connectivity index (χ1v) is 6.20. The number of non-ortho nitro benzene ring substituents is 2. The Morgan fingerprint density at radius 2 is 1.64 bits per heavy atom. The highest BCUT2D eigenvalue weighted by Gasteiger charge is 2.21. The molecule has 1 heterocycles. The van der Waals surface area contributed by atoms with E-state index in [2.05, 4.69) is 4.98 Å². The largest absolute Gasteiger partial charge is 0.508 e. The minimum absolute atomic E-state index is 0.0986. The van der Waals surface area contributed by atoms with E-state index in [0.717, 1.165) is 6.07 Å². The van der Waals surface area contributed by atoms with Crippen LogP contribution in [0.25, 0.3) is 22.2 Å². The van der Waals surface area contributed by atoms with Crippen LogP contribution in [-0.2, 0) is 0 Å². The lowest BCUT2D eigenvalue weighted by Gasteiger charge is -1.97. The molecule has 0 spiro atoms. The van der Waals surface area contributed by atoms with Crippen LogP contribution in [0, 0.1) is 20.2 Å². The first-order chi connectivity index (χ1) is 10.5. The van der Waals surface area contributed by atoms with Crippen molar-refractivity contribution in [3.8, 4) is 17.0 Å². The smallest absolute Gasteiger partial charge is 0.300 e. The molecule has 0 fully saturated rings. The zero-order valence-corrected chi connectivity index (χ0v) is 11.0. The number of aromatic nitrogens is 1. The molecule has 0 bridgehead atoms. The molecule has 0 saturated heterocycles. The van der Waals surface area contributed by atoms with Crippen molar-refractivity contribution in [1.29, 1.82) is 0 Å². The Kier molecular flexibility index (Phi) is 2.99. The molecule has 3 aromatic rings. The summed E-state index contributed by atoms with van der Waals surface area (Å²) in [4.78, 5) is 23.6. The maximum absolute atomic E-state index is 11.1. The van der Waals surface area contributed by atoms with Gasteiger partial charge in [0.1, 0.15) is 11.3 Å². The molecule has 0 aliphatic heterocycles. The summed E-state index contributed by atoms with van der Waals surface area (Å²) in [6, 6.07) is 10.1. The lowest BCUT2D eigenvalue weighted by atomic mass is 10.1. The normalized spacial score (nSPS) is 10.7. The van der Waals surface area contributed by atoms with Gasteiger partial charge in [0.25, 0.3) is 11.4 Å². The van der Waals surface area contributed by atoms with Crippen molar-refractivity contribution in [2.75, 3.05) is 0 Å². The Hall–Kier alpha value is -3.42. The number of H-pyrrole nitrogens is 1. The van der Waals surface area contributed by atoms with Crippen LogP contribution >= 0.6 is 0 Å². The Balaban J connectivity index is 2.24. The van der Waals surface area contributed by atoms with Gasteiger partial charge in [-0.25, -0.2) is 0 Å². The van der Waals surface area contributed by atoms with Crippen molar-refractivity contribution in [2.24, 2.45) is 0 Å². The Bertz CT molecular complexity index is 899. The monoisotopic (exact) mass is 299 g/mol. The second kappa shape index (κ2) is 4.85. The van der Waals surface area contributed by atoms with Gasteiger partial charge in [-0.15, -0.1) is 0 Å². The number of phenols is 1. The zero-order chi connectivity index (χ0) is 15.9. The Morgan fingerprint density at radius 1 is 0.955 bits per heavy atom. The number of hydrogen-bond acceptors (Lipinski definition) is 5. The van der Waals surface area contributed by atoms with Gasteiger partial charge in [-0.2, -0.15) is 0 Å². The summed E-state index contributed by atoms with van der Waals surface area (Å²) in [6.07, 6.45) is 0. The van der Waals surface area contributed by atoms with Crippen LogP contribution in [0.1, 0.15) is 0 Å². The van der Waals surface area contributed by atoms with Crippen LogP contribution in [0.4, 0.5) is 11.4 Å². The molecule has 0 atom stereocenters. The van der Waals surface area contributed by atoms with Gasteiger partial charge in [0.15, 0.2) is 0 Å². The molecule has 3 rings (SSSR count). The maximum atomic E-state index is 11.1. The minimum Gasteiger partial charge on any atom is -0.508 e. The second-order valence-electron chi connectivity index (χ2n) is 4.67. The second-order valence-corrected chi connectivity index (χ2v) is 4.67. The molecule has 0 aliphatic rings. The predicted molar refractivity (Wildman–Crippen MR) is 78.7 cm³/mol. The van der Waals surface area contributed by atoms with E-state index in [1.165, 1.54) is 18.2 Å². The lowest BCUT2D eigenvalue weighted by Crippen LogP contribution is -1.93. The van der Waals surface area contributed by atoms with Crippen molar-refractivity contribution < 1.29 is 15.0 Å². The number of rotatable bonds is 3. The fraction of sp³-hybridized carbons (Fsp3) is 0. The number of aromatic amines is 1. The SMILES string of the molecule is O=[N+]([O-])c1cc([N+](=O)[O-])c2[nH]c(-c3ccc(O)cc3)cc2c1. The van der Waals surface area contributed by atoms with Crippen LogP contribution in [0.15, 0.2) is 42.5 Å². The molecule has 2 N–H and O–H groups in total. The van der Waals surface area contributed by atoms with Gasteiger partial charge < -0.3 is 10.1 Å². The Labute approximate surface area is 122 Å². The van der Waals surface area contributed by atoms with E-state index in [1.807, 2.05) is 0 Å². The van der Waals surface area contributed by atoms with Crippen LogP contribution in [0.3, 0.4) is 0 Å². The highest BCUT2D eigenvalue weighted by molar-refractivity contribution is 5.94. The first kappa shape index (κ1) is 13.6. The molecular weight excluding hydrogens is 290 g/mol. The molecule has 110 valence electrons. The third kappa shape index (κ3) is 2.22. The summed E-state index contributed by atoms with van der Waals surface area (Å²) >= 11 is 0. The number of aromatic hydroxyl groups is 1. The number of benzene rings is 2. The quantitative estimate of drug-likeness (QED) is 0.567. The average molecular weight is 299 g/mol. The highest BCUT2D eigenvalue weighted by atomic mass is 16.6. The van der Waals surface area contributed by atoms with E-state index < -0.39 is 9.85 Å². The van der Waals surface area contributed by atoms with Crippen LogP contribution < -0.4 is 0 Å². The fourth-order valence-corrected chi connectivity index (χ4v) is 2.26. The minimum atomic E-state index is -0.667. The van der Waals surface area contributed by atoms with Crippen LogP contribution in [-0.4, -0.2) is 19.9 Å². The maximum Gasteiger partial charge on any atom is 0.300 e. The first-order valence-electron chi connectivity index (χ1n) is 6.20. The molecule has 0 saturated carbocycles. The molecule has 0 radical (unpaired) electrons. The number of fused-ring (bicyclic) bond motifs is 1. The molecule has 0 aliphatic carbocycles. The molecule has 1 aromatic heterocycles. The van der Waals surface area contributed by atoms with Gasteiger partial charge in [0.05, 0.1) is 15.9 Å². The van der Waals surface area contributed by atoms with Gasteiger partial charge in [-0.1, -0.05) is 0 Å². The van der Waals surface area contributed by atoms with Crippen molar-refractivity contribution in [2.45, 2.75) is 0 Å². The molecular formula is C14H9N3O5. The number of hydrogen-bond donors (Lipinski definition) is 2. The zero-order valence-electron chi connectivity index (χ0n) is 11.0. The van der Waals surface area contributed by atoms with Crippen molar-refractivity contribution >= 4 is 22.3 Å². The molecule has 8 nitrogen and oxygen atoms in total. The van der Waals surface area contributed by atoms with E-state index in [1.54, 1.807) is 18.2 Å². The number of nitrogens with zero attached hydrogens (tertiary/aromatic N) is 2. The van der Waals surface area contributed by atoms with Gasteiger partial charge in [-0.05, 0) is 35.9 Å². The molecule has 0 unspecified atom stereocenters. The summed E-state index contributed by atoms with van der Waals surface area (Å²) in [6.45, 7) is 0. The van der Waals surface area contributed by atoms with Gasteiger partial charge >= 0.3 is 0 Å². The van der Waals surface area contributed by atoms with Crippen molar-refractivity contribution in [3.63, 3.8) is 0 Å². The van der Waals surface area contributed by atoms with Gasteiger partial charge in [0, 0.05) is 17.1 Å². The third-order valence-corrected chi connectivity index (χ3v) is 3.28. The van der Waals surface area contributed by atoms with Crippen LogP contribution in [0.2, 0.25) is 0 Å². The van der Waals surface area contributed by atoms with E-state index in [0.29, 0.717) is 16.6 Å². The average Bonchev–Trinajstić information content (AvgIpc) is 2.90. The van der Waals surface area contributed by atoms with E-state index >= 15 is 0 Å². The highest BCUT2D eigenvalue weighted by Crippen LogP contribution is 2.34. The standard InChI is InChI=1S/C14H9N3O5/c18-11-3-1-8(2-4-11)12-6-9-5-10(16(19)20)7-13(17(21)22)14(9)15-12/h1-7,15,18H. The fourth-order valence-electron chi connectivity index (χ4n) is 2.26. The van der Waals surface area contributed by atoms with Crippen LogP contribution in [0.5, 0.6) is 5.75 Å². The number of nitro benzene ring substituents is 2. The summed E-state index contributed by atoms with van der Waals surface area (Å²) in [5.74, 6) is 0.0986. The predicted octanol–water partition coefficient (Wildman–Crippen LogP) is 3.36. The third-order valence-electron chi connectivity index (χ3n) is 3.28. The molecule has 8 heteroatoms. The summed E-state index contributed by atoms with van der Waals surface area (Å²) in [7, 11) is 0. The van der Waals surface area contributed by atoms with Crippen molar-refractivity contribution in [1.82, 2.24) is 4.98 Å². The lowest BCUT2D eigenvalue weighted by molar-refractivity contribution is -0.393. The van der Waals surface area contributed by atoms with E-state index in [9.17, 15) is 25.3 Å². The number of phenolic OH excluding ortho intramolecular Hbond substituents is 1. The number of nitrogens with one attached hydrogen (secondary N) is 1. The van der Waals surface area contributed by atoms with Gasteiger partial charge in [-0.3, -0.25) is 20.2 Å². The van der Waals surface area contributed by atoms with Gasteiger partial charge in [0.2, 0.25) is 0 Å². The van der Waals surface area contributed by atoms with E-state index in [-0.39, 0.29) is 22.6 Å². The Morgan fingerprint density at radius 3 is 2.23 bits per heavy atom.